The molecule has 0 bridgehead atoms. The van der Waals surface area contributed by atoms with Crippen LogP contribution in [0.1, 0.15) is 24.0 Å². The number of amidine groups is 2. The Balaban J connectivity index is 1.41. The largest absolute Gasteiger partial charge is 0.496 e. The fourth-order valence-corrected chi connectivity index (χ4v) is 5.01. The summed E-state index contributed by atoms with van der Waals surface area (Å²) in [7, 11) is 1.64. The molecule has 194 valence electrons. The van der Waals surface area contributed by atoms with Crippen LogP contribution < -0.4 is 31.5 Å². The van der Waals surface area contributed by atoms with Crippen LogP contribution in [0, 0.1) is 0 Å². The van der Waals surface area contributed by atoms with Crippen molar-refractivity contribution in [2.75, 3.05) is 51.5 Å². The summed E-state index contributed by atoms with van der Waals surface area (Å²) >= 11 is 0. The Kier molecular flexibility index (Phi) is 6.37. The van der Waals surface area contributed by atoms with E-state index in [0.29, 0.717) is 49.4 Å². The molecule has 2 fully saturated rings. The van der Waals surface area contributed by atoms with Gasteiger partial charge in [0, 0.05) is 62.1 Å². The molecule has 0 saturated carbocycles. The summed E-state index contributed by atoms with van der Waals surface area (Å²) in [5.41, 5.74) is 17.5. The average Bonchev–Trinajstić information content (AvgIpc) is 3.38. The van der Waals surface area contributed by atoms with Crippen molar-refractivity contribution in [3.05, 3.63) is 53.6 Å². The molecule has 4 aliphatic rings. The number of nitrogens with one attached hydrogen (secondary N) is 3. The Morgan fingerprint density at radius 1 is 1.05 bits per heavy atom. The maximum absolute atomic E-state index is 6.95. The zero-order valence-electron chi connectivity index (χ0n) is 20.7. The smallest absolute Gasteiger partial charge is 0.236 e. The Hall–Kier alpha value is -3.74. The molecular weight excluding hydrogens is 474 g/mol. The molecule has 4 aliphatic heterocycles. The van der Waals surface area contributed by atoms with Crippen molar-refractivity contribution < 1.29 is 14.2 Å². The number of anilines is 1. The highest BCUT2D eigenvalue weighted by atomic mass is 16.5. The van der Waals surface area contributed by atoms with Gasteiger partial charge in [0.1, 0.15) is 17.9 Å². The molecule has 12 heteroatoms. The summed E-state index contributed by atoms with van der Waals surface area (Å²) in [4.78, 5) is 20.5. The van der Waals surface area contributed by atoms with Crippen LogP contribution in [0.15, 0.2) is 52.5 Å². The van der Waals surface area contributed by atoms with E-state index in [1.54, 1.807) is 19.5 Å². The standard InChI is InChI=1S/C25H31N9O3/c1-35-20-12-18(34-6-10-37-11-7-34)2-3-19(20)25(26)30-23(29-17-4-8-36-9-5-17)21-22(32-33-24(21)31-25)16-13-27-15-28-14-16/h2-3,12-15,17H,4-11,26H2,1H3,(H,29,30)(H2,31,32,33). The number of methoxy groups -OCH3 is 1. The van der Waals surface area contributed by atoms with Crippen molar-refractivity contribution >= 4 is 23.1 Å². The van der Waals surface area contributed by atoms with Gasteiger partial charge in [-0.3, -0.25) is 16.6 Å². The number of aromatic nitrogens is 2. The second-order valence-electron chi connectivity index (χ2n) is 9.29. The Morgan fingerprint density at radius 2 is 1.81 bits per heavy atom. The normalized spacial score (nSPS) is 24.0. The molecule has 2 saturated heterocycles. The highest BCUT2D eigenvalue weighted by Gasteiger charge is 2.40. The molecular formula is C25H31N9O3. The quantitative estimate of drug-likeness (QED) is 0.453. The zero-order valence-corrected chi connectivity index (χ0v) is 20.7. The molecule has 5 heterocycles. The lowest BCUT2D eigenvalue weighted by atomic mass is 10.0. The number of rotatable bonds is 5. The van der Waals surface area contributed by atoms with Crippen molar-refractivity contribution in [2.24, 2.45) is 15.7 Å². The second-order valence-corrected chi connectivity index (χ2v) is 9.29. The molecule has 37 heavy (non-hydrogen) atoms. The van der Waals surface area contributed by atoms with Crippen molar-refractivity contribution in [3.8, 4) is 5.75 Å². The summed E-state index contributed by atoms with van der Waals surface area (Å²) < 4.78 is 16.9. The lowest BCUT2D eigenvalue weighted by molar-refractivity contribution is 0.0824. The predicted molar refractivity (Wildman–Crippen MR) is 139 cm³/mol. The van der Waals surface area contributed by atoms with Gasteiger partial charge in [-0.15, -0.1) is 0 Å². The maximum Gasteiger partial charge on any atom is 0.236 e. The third-order valence-electron chi connectivity index (χ3n) is 6.96. The fourth-order valence-electron chi connectivity index (χ4n) is 5.01. The Morgan fingerprint density at radius 3 is 2.57 bits per heavy atom. The number of benzene rings is 1. The number of morpholine rings is 1. The monoisotopic (exact) mass is 505 g/mol. The molecule has 0 spiro atoms. The minimum Gasteiger partial charge on any atom is -0.496 e. The number of hydrogen-bond acceptors (Lipinski definition) is 12. The fraction of sp³-hybridized carbons (Fsp3) is 0.440. The number of ether oxygens (including phenoxy) is 3. The van der Waals surface area contributed by atoms with Gasteiger partial charge in [0.15, 0.2) is 5.84 Å². The first-order valence-electron chi connectivity index (χ1n) is 12.5. The van der Waals surface area contributed by atoms with Gasteiger partial charge in [-0.2, -0.15) is 0 Å². The van der Waals surface area contributed by atoms with E-state index in [2.05, 4.69) is 31.0 Å². The third-order valence-corrected chi connectivity index (χ3v) is 6.96. The zero-order chi connectivity index (χ0) is 25.2. The molecule has 5 N–H and O–H groups in total. The summed E-state index contributed by atoms with van der Waals surface area (Å²) in [6.07, 6.45) is 6.74. The van der Waals surface area contributed by atoms with Gasteiger partial charge in [-0.1, -0.05) is 0 Å². The number of nitrogens with two attached hydrogens (primary N) is 1. The number of fused-ring (bicyclic) bond motifs is 1. The lowest BCUT2D eigenvalue weighted by Gasteiger charge is -2.33. The number of aliphatic imine (C=N–C) groups is 2. The van der Waals surface area contributed by atoms with Crippen molar-refractivity contribution in [1.29, 1.82) is 0 Å². The molecule has 0 amide bonds. The van der Waals surface area contributed by atoms with Crippen LogP contribution in [0.2, 0.25) is 0 Å². The van der Waals surface area contributed by atoms with Crippen molar-refractivity contribution in [1.82, 2.24) is 26.1 Å². The molecule has 1 unspecified atom stereocenters. The topological polar surface area (TPSA) is 144 Å². The number of hydrazine groups is 1. The van der Waals surface area contributed by atoms with E-state index >= 15 is 0 Å². The van der Waals surface area contributed by atoms with E-state index in [9.17, 15) is 0 Å². The maximum atomic E-state index is 6.95. The van der Waals surface area contributed by atoms with Crippen LogP contribution in [-0.2, 0) is 15.3 Å². The van der Waals surface area contributed by atoms with E-state index in [-0.39, 0.29) is 6.04 Å². The van der Waals surface area contributed by atoms with E-state index in [1.165, 1.54) is 6.33 Å². The first kappa shape index (κ1) is 23.6. The summed E-state index contributed by atoms with van der Waals surface area (Å²) in [5.74, 6) is 0.457. The average molecular weight is 506 g/mol. The number of nitrogens with zero attached hydrogens (tertiary/aromatic N) is 5. The highest BCUT2D eigenvalue weighted by Crippen LogP contribution is 2.38. The van der Waals surface area contributed by atoms with Gasteiger partial charge in [-0.05, 0) is 25.0 Å². The molecule has 6 rings (SSSR count). The van der Waals surface area contributed by atoms with Crippen LogP contribution >= 0.6 is 0 Å². The minimum absolute atomic E-state index is 0.197. The van der Waals surface area contributed by atoms with E-state index in [1.807, 2.05) is 18.2 Å². The summed E-state index contributed by atoms with van der Waals surface area (Å²) in [5, 5.41) is 3.62. The van der Waals surface area contributed by atoms with Crippen LogP contribution in [0.3, 0.4) is 0 Å². The van der Waals surface area contributed by atoms with Gasteiger partial charge >= 0.3 is 0 Å². The van der Waals surface area contributed by atoms with E-state index in [4.69, 9.17) is 29.9 Å². The number of hydrogen-bond donors (Lipinski definition) is 4. The van der Waals surface area contributed by atoms with Crippen LogP contribution in [0.5, 0.6) is 5.75 Å². The Bertz CT molecular complexity index is 1240. The molecule has 12 nitrogen and oxygen atoms in total. The molecule has 0 radical (unpaired) electrons. The van der Waals surface area contributed by atoms with Gasteiger partial charge in [0.2, 0.25) is 5.79 Å². The van der Waals surface area contributed by atoms with Gasteiger partial charge < -0.3 is 24.4 Å². The SMILES string of the molecule is COc1cc(N2CCOCC2)ccc1C1(N)N=C2NNC(c3cncnc3)=C2C(NC2CCOCC2)=N1. The van der Waals surface area contributed by atoms with Crippen molar-refractivity contribution in [2.45, 2.75) is 24.7 Å². The van der Waals surface area contributed by atoms with Crippen LogP contribution in [-0.4, -0.2) is 74.3 Å². The predicted octanol–water partition coefficient (Wildman–Crippen LogP) is 0.489. The molecule has 0 aliphatic carbocycles. The summed E-state index contributed by atoms with van der Waals surface area (Å²) in [6, 6.07) is 6.18. The van der Waals surface area contributed by atoms with Gasteiger partial charge in [0.25, 0.3) is 0 Å². The molecule has 2 aromatic rings. The molecule has 1 aromatic heterocycles. The first-order valence-corrected chi connectivity index (χ1v) is 12.5. The van der Waals surface area contributed by atoms with E-state index in [0.717, 1.165) is 48.5 Å². The molecule has 1 aromatic carbocycles. The summed E-state index contributed by atoms with van der Waals surface area (Å²) in [6.45, 7) is 4.45. The lowest BCUT2D eigenvalue weighted by Crippen LogP contribution is -2.48. The second kappa shape index (κ2) is 9.96. The van der Waals surface area contributed by atoms with Crippen LogP contribution in [0.4, 0.5) is 5.69 Å². The van der Waals surface area contributed by atoms with Gasteiger partial charge in [0.05, 0.1) is 37.2 Å². The molecule has 1 atom stereocenters. The van der Waals surface area contributed by atoms with Crippen molar-refractivity contribution in [3.63, 3.8) is 0 Å². The van der Waals surface area contributed by atoms with Gasteiger partial charge in [-0.25, -0.2) is 20.0 Å². The van der Waals surface area contributed by atoms with Crippen LogP contribution in [0.25, 0.3) is 5.70 Å². The third kappa shape index (κ3) is 4.59. The van der Waals surface area contributed by atoms with E-state index < -0.39 is 5.79 Å². The Labute approximate surface area is 215 Å². The first-order chi connectivity index (χ1) is 18.1. The highest BCUT2D eigenvalue weighted by molar-refractivity contribution is 6.30. The minimum atomic E-state index is -1.40.